The molecule has 2 aromatic carbocycles. The van der Waals surface area contributed by atoms with Crippen molar-refractivity contribution in [3.05, 3.63) is 60.3 Å². The predicted molar refractivity (Wildman–Crippen MR) is 88.0 cm³/mol. The number of hydrogen-bond donors (Lipinski definition) is 1. The molecule has 5 heteroatoms. The van der Waals surface area contributed by atoms with E-state index < -0.39 is 12.0 Å². The lowest BCUT2D eigenvalue weighted by Crippen LogP contribution is -2.15. The van der Waals surface area contributed by atoms with E-state index in [9.17, 15) is 4.79 Å². The van der Waals surface area contributed by atoms with Crippen LogP contribution in [-0.2, 0) is 4.79 Å². The van der Waals surface area contributed by atoms with Crippen LogP contribution in [0.1, 0.15) is 18.5 Å². The van der Waals surface area contributed by atoms with Gasteiger partial charge in [-0.3, -0.25) is 0 Å². The molecule has 23 heavy (non-hydrogen) atoms. The summed E-state index contributed by atoms with van der Waals surface area (Å²) in [4.78, 5) is 11.0. The number of hydrogen-bond acceptors (Lipinski definition) is 3. The van der Waals surface area contributed by atoms with Gasteiger partial charge in [-0.25, -0.2) is 9.48 Å². The van der Waals surface area contributed by atoms with Crippen molar-refractivity contribution in [1.82, 2.24) is 15.0 Å². The number of benzene rings is 2. The van der Waals surface area contributed by atoms with E-state index in [4.69, 9.17) is 5.11 Å². The molecule has 0 saturated heterocycles. The van der Waals surface area contributed by atoms with Gasteiger partial charge in [0, 0.05) is 5.56 Å². The minimum absolute atomic E-state index is 0.661. The van der Waals surface area contributed by atoms with Crippen LogP contribution in [0, 0.1) is 6.92 Å². The number of aryl methyl sites for hydroxylation is 1. The summed E-state index contributed by atoms with van der Waals surface area (Å²) in [6.45, 7) is 3.65. The number of nitrogens with zero attached hydrogens (tertiary/aromatic N) is 3. The number of carboxylic acids is 1. The van der Waals surface area contributed by atoms with Crippen molar-refractivity contribution in [2.24, 2.45) is 0 Å². The van der Waals surface area contributed by atoms with E-state index in [1.54, 1.807) is 13.1 Å². The highest BCUT2D eigenvalue weighted by Gasteiger charge is 2.15. The van der Waals surface area contributed by atoms with Crippen molar-refractivity contribution in [3.8, 4) is 22.4 Å². The second-order valence-electron chi connectivity index (χ2n) is 5.49. The number of aliphatic carboxylic acids is 1. The van der Waals surface area contributed by atoms with Crippen LogP contribution < -0.4 is 0 Å². The molecule has 1 atom stereocenters. The molecule has 0 spiro atoms. The first kappa shape index (κ1) is 15.0. The van der Waals surface area contributed by atoms with E-state index in [0.29, 0.717) is 5.69 Å². The van der Waals surface area contributed by atoms with Crippen LogP contribution in [0.3, 0.4) is 0 Å². The molecular weight excluding hydrogens is 290 g/mol. The van der Waals surface area contributed by atoms with Crippen molar-refractivity contribution in [3.63, 3.8) is 0 Å². The molecule has 3 aromatic rings. The number of rotatable bonds is 4. The Labute approximate surface area is 134 Å². The molecule has 1 heterocycles. The summed E-state index contributed by atoms with van der Waals surface area (Å²) < 4.78 is 1.36. The molecule has 0 aliphatic carbocycles. The molecule has 1 N–H and O–H groups in total. The highest BCUT2D eigenvalue weighted by molar-refractivity contribution is 5.74. The smallest absolute Gasteiger partial charge is 0.328 e. The number of aromatic nitrogens is 3. The zero-order valence-electron chi connectivity index (χ0n) is 13.0. The number of carbonyl (C=O) groups is 1. The lowest BCUT2D eigenvalue weighted by atomic mass is 9.98. The molecule has 0 fully saturated rings. The van der Waals surface area contributed by atoms with E-state index >= 15 is 0 Å². The molecule has 116 valence electrons. The molecule has 3 rings (SSSR count). The molecule has 0 amide bonds. The van der Waals surface area contributed by atoms with Crippen LogP contribution in [-0.4, -0.2) is 26.1 Å². The highest BCUT2D eigenvalue weighted by Crippen LogP contribution is 2.27. The van der Waals surface area contributed by atoms with Crippen molar-refractivity contribution in [2.45, 2.75) is 19.9 Å². The normalized spacial score (nSPS) is 12.1. The van der Waals surface area contributed by atoms with Crippen LogP contribution in [0.25, 0.3) is 22.4 Å². The van der Waals surface area contributed by atoms with Crippen molar-refractivity contribution < 1.29 is 9.90 Å². The topological polar surface area (TPSA) is 68.0 Å². The molecule has 5 nitrogen and oxygen atoms in total. The summed E-state index contributed by atoms with van der Waals surface area (Å²) in [7, 11) is 0. The van der Waals surface area contributed by atoms with E-state index in [2.05, 4.69) is 35.4 Å². The fourth-order valence-corrected chi connectivity index (χ4v) is 2.45. The standard InChI is InChI=1S/C18H17N3O2/c1-12-6-3-4-9-16(12)14-7-5-8-15(10-14)17-11-21(20-19-17)13(2)18(22)23/h3-11,13H,1-2H3,(H,22,23)/t13-/m0/s1. The van der Waals surface area contributed by atoms with E-state index in [-0.39, 0.29) is 0 Å². The summed E-state index contributed by atoms with van der Waals surface area (Å²) in [5, 5.41) is 17.1. The Morgan fingerprint density at radius 2 is 1.87 bits per heavy atom. The monoisotopic (exact) mass is 307 g/mol. The average molecular weight is 307 g/mol. The van der Waals surface area contributed by atoms with E-state index in [0.717, 1.165) is 11.1 Å². The van der Waals surface area contributed by atoms with Gasteiger partial charge in [0.2, 0.25) is 0 Å². The average Bonchev–Trinajstić information content (AvgIpc) is 3.04. The first-order chi connectivity index (χ1) is 11.1. The number of carboxylic acid groups (broad SMARTS) is 1. The van der Waals surface area contributed by atoms with Crippen LogP contribution in [0.15, 0.2) is 54.7 Å². The van der Waals surface area contributed by atoms with Crippen molar-refractivity contribution in [1.29, 1.82) is 0 Å². The Kier molecular flexibility index (Phi) is 3.93. The van der Waals surface area contributed by atoms with Gasteiger partial charge >= 0.3 is 5.97 Å². The van der Waals surface area contributed by atoms with Crippen molar-refractivity contribution in [2.75, 3.05) is 0 Å². The molecule has 0 aliphatic heterocycles. The summed E-state index contributed by atoms with van der Waals surface area (Å²) in [6, 6.07) is 15.5. The Bertz CT molecular complexity index is 855. The Morgan fingerprint density at radius 1 is 1.13 bits per heavy atom. The summed E-state index contributed by atoms with van der Waals surface area (Å²) in [5.41, 5.74) is 5.04. The van der Waals surface area contributed by atoms with Gasteiger partial charge < -0.3 is 5.11 Å². The van der Waals surface area contributed by atoms with Crippen molar-refractivity contribution >= 4 is 5.97 Å². The van der Waals surface area contributed by atoms with Crippen LogP contribution in [0.2, 0.25) is 0 Å². The quantitative estimate of drug-likeness (QED) is 0.800. The maximum atomic E-state index is 11.0. The minimum Gasteiger partial charge on any atom is -0.480 e. The maximum absolute atomic E-state index is 11.0. The first-order valence-electron chi connectivity index (χ1n) is 7.37. The van der Waals surface area contributed by atoms with Gasteiger partial charge in [-0.2, -0.15) is 0 Å². The van der Waals surface area contributed by atoms with E-state index in [1.165, 1.54) is 15.8 Å². The SMILES string of the molecule is Cc1ccccc1-c1cccc(-c2cn([C@@H](C)C(=O)O)nn2)c1. The van der Waals surface area contributed by atoms with Gasteiger partial charge in [0.15, 0.2) is 0 Å². The molecular formula is C18H17N3O2. The molecule has 0 aliphatic rings. The lowest BCUT2D eigenvalue weighted by Gasteiger charge is -2.07. The molecule has 0 unspecified atom stereocenters. The zero-order valence-corrected chi connectivity index (χ0v) is 13.0. The maximum Gasteiger partial charge on any atom is 0.328 e. The lowest BCUT2D eigenvalue weighted by molar-refractivity contribution is -0.140. The summed E-state index contributed by atoms with van der Waals surface area (Å²) in [6.07, 6.45) is 1.66. The van der Waals surface area contributed by atoms with Gasteiger partial charge in [-0.05, 0) is 36.6 Å². The molecule has 1 aromatic heterocycles. The third-order valence-corrected chi connectivity index (χ3v) is 3.88. The summed E-state index contributed by atoms with van der Waals surface area (Å²) in [5.74, 6) is -0.935. The Balaban J connectivity index is 1.98. The van der Waals surface area contributed by atoms with Crippen LogP contribution in [0.5, 0.6) is 0 Å². The second-order valence-corrected chi connectivity index (χ2v) is 5.49. The largest absolute Gasteiger partial charge is 0.480 e. The second kappa shape index (κ2) is 6.04. The van der Waals surface area contributed by atoms with Gasteiger partial charge in [0.05, 0.1) is 6.20 Å². The summed E-state index contributed by atoms with van der Waals surface area (Å²) >= 11 is 0. The van der Waals surface area contributed by atoms with Gasteiger partial charge in [0.25, 0.3) is 0 Å². The predicted octanol–water partition coefficient (Wildman–Crippen LogP) is 3.57. The van der Waals surface area contributed by atoms with Gasteiger partial charge in [-0.15, -0.1) is 5.10 Å². The molecule has 0 bridgehead atoms. The third-order valence-electron chi connectivity index (χ3n) is 3.88. The fraction of sp³-hybridized carbons (Fsp3) is 0.167. The van der Waals surface area contributed by atoms with E-state index in [1.807, 2.05) is 30.3 Å². The van der Waals surface area contributed by atoms with Gasteiger partial charge in [-0.1, -0.05) is 47.7 Å². The highest BCUT2D eigenvalue weighted by atomic mass is 16.4. The fourth-order valence-electron chi connectivity index (χ4n) is 2.45. The first-order valence-corrected chi connectivity index (χ1v) is 7.37. The Hall–Kier alpha value is -2.95. The molecule has 0 saturated carbocycles. The van der Waals surface area contributed by atoms with Crippen LogP contribution >= 0.6 is 0 Å². The van der Waals surface area contributed by atoms with Gasteiger partial charge in [0.1, 0.15) is 11.7 Å². The zero-order chi connectivity index (χ0) is 16.4. The van der Waals surface area contributed by atoms with Crippen LogP contribution in [0.4, 0.5) is 0 Å². The third kappa shape index (κ3) is 2.99. The Morgan fingerprint density at radius 3 is 2.61 bits per heavy atom. The molecule has 0 radical (unpaired) electrons. The minimum atomic E-state index is -0.935.